The first-order valence-corrected chi connectivity index (χ1v) is 9.20. The Hall–Kier alpha value is -3.18. The number of aromatic nitrogens is 1. The van der Waals surface area contributed by atoms with Gasteiger partial charge >= 0.3 is 0 Å². The van der Waals surface area contributed by atoms with Gasteiger partial charge in [0.05, 0.1) is 12.1 Å². The lowest BCUT2D eigenvalue weighted by atomic mass is 9.87. The lowest BCUT2D eigenvalue weighted by Gasteiger charge is -2.19. The third kappa shape index (κ3) is 4.96. The Morgan fingerprint density at radius 1 is 1.00 bits per heavy atom. The predicted molar refractivity (Wildman–Crippen MR) is 111 cm³/mol. The van der Waals surface area contributed by atoms with Crippen LogP contribution < -0.4 is 5.32 Å². The fourth-order valence-electron chi connectivity index (χ4n) is 2.80. The minimum Gasteiger partial charge on any atom is -0.356 e. The van der Waals surface area contributed by atoms with Gasteiger partial charge in [-0.15, -0.1) is 0 Å². The summed E-state index contributed by atoms with van der Waals surface area (Å²) in [4.78, 5) is 16.1. The highest BCUT2D eigenvalue weighted by Crippen LogP contribution is 2.25. The summed E-state index contributed by atoms with van der Waals surface area (Å²) in [6, 6.07) is 19.3. The molecule has 2 N–H and O–H groups in total. The van der Waals surface area contributed by atoms with Crippen LogP contribution in [0.2, 0.25) is 0 Å². The van der Waals surface area contributed by atoms with Gasteiger partial charge in [0.25, 0.3) is 5.91 Å². The van der Waals surface area contributed by atoms with Crippen molar-refractivity contribution in [2.24, 2.45) is 0 Å². The Labute approximate surface area is 165 Å². The van der Waals surface area contributed by atoms with Crippen LogP contribution in [0.4, 0.5) is 11.4 Å². The fraction of sp³-hybridized carbons (Fsp3) is 0.217. The van der Waals surface area contributed by atoms with Crippen molar-refractivity contribution in [2.75, 3.05) is 5.32 Å². The minimum atomic E-state index is -0.478. The summed E-state index contributed by atoms with van der Waals surface area (Å²) in [6.07, 6.45) is 3.02. The molecule has 0 atom stereocenters. The molecule has 1 amide bonds. The topological polar surface area (TPSA) is 65.5 Å². The first kappa shape index (κ1) is 19.6. The van der Waals surface area contributed by atoms with E-state index in [0.29, 0.717) is 10.6 Å². The van der Waals surface area contributed by atoms with Crippen molar-refractivity contribution in [3.8, 4) is 0 Å². The van der Waals surface area contributed by atoms with E-state index >= 15 is 0 Å². The number of pyridine rings is 1. The minimum absolute atomic E-state index is 0.105. The maximum absolute atomic E-state index is 12.2. The van der Waals surface area contributed by atoms with Crippen LogP contribution >= 0.6 is 0 Å². The number of carbonyl (C=O) groups excluding carboxylic acids is 1. The molecule has 1 aromatic heterocycles. The van der Waals surface area contributed by atoms with Gasteiger partial charge in [-0.3, -0.25) is 15.0 Å². The van der Waals surface area contributed by atoms with Crippen LogP contribution in [0.25, 0.3) is 0 Å². The third-order valence-corrected chi connectivity index (χ3v) is 4.47. The van der Waals surface area contributed by atoms with Crippen molar-refractivity contribution in [1.29, 1.82) is 0 Å². The summed E-state index contributed by atoms with van der Waals surface area (Å²) in [7, 11) is 0. The second kappa shape index (κ2) is 8.23. The molecule has 3 aromatic rings. The first-order chi connectivity index (χ1) is 13.3. The van der Waals surface area contributed by atoms with E-state index in [1.165, 1.54) is 11.8 Å². The largest absolute Gasteiger partial charge is 0.356 e. The number of rotatable bonds is 5. The molecule has 1 heterocycles. The van der Waals surface area contributed by atoms with Crippen LogP contribution in [0.3, 0.4) is 0 Å². The quantitative estimate of drug-likeness (QED) is 0.478. The number of amides is 1. The zero-order chi connectivity index (χ0) is 20.1. The number of anilines is 2. The molecule has 0 aliphatic heterocycles. The number of hydroxylamine groups is 2. The molecule has 0 saturated heterocycles. The molecular weight excluding hydrogens is 350 g/mol. The molecule has 0 saturated carbocycles. The Kier molecular flexibility index (Phi) is 5.76. The maximum Gasteiger partial charge on any atom is 0.279 e. The van der Waals surface area contributed by atoms with Gasteiger partial charge in [-0.25, -0.2) is 5.06 Å². The van der Waals surface area contributed by atoms with E-state index in [1.807, 2.05) is 24.3 Å². The van der Waals surface area contributed by atoms with Crippen molar-refractivity contribution in [1.82, 2.24) is 10.0 Å². The Balaban J connectivity index is 1.61. The van der Waals surface area contributed by atoms with Crippen LogP contribution in [0.1, 0.15) is 42.3 Å². The number of carbonyl (C=O) groups is 1. The lowest BCUT2D eigenvalue weighted by Crippen LogP contribution is -2.26. The fourth-order valence-corrected chi connectivity index (χ4v) is 2.80. The number of benzene rings is 2. The summed E-state index contributed by atoms with van der Waals surface area (Å²) in [6.45, 7) is 6.68. The van der Waals surface area contributed by atoms with E-state index < -0.39 is 5.91 Å². The van der Waals surface area contributed by atoms with E-state index in [0.717, 1.165) is 16.9 Å². The number of hydrogen-bond acceptors (Lipinski definition) is 4. The van der Waals surface area contributed by atoms with Crippen molar-refractivity contribution in [2.45, 2.75) is 32.7 Å². The standard InChI is InChI=1S/C23H25N3O2/c1-23(2,3)19-8-12-21(13-9-19)25-20-10-6-17(7-11-20)16-26(28)22(27)18-5-4-14-24-15-18/h4-15,25,28H,16H2,1-3H3. The van der Waals surface area contributed by atoms with Crippen LogP contribution in [0.15, 0.2) is 73.1 Å². The van der Waals surface area contributed by atoms with Crippen LogP contribution in [-0.4, -0.2) is 21.2 Å². The van der Waals surface area contributed by atoms with E-state index in [-0.39, 0.29) is 12.0 Å². The number of nitrogens with zero attached hydrogens (tertiary/aromatic N) is 2. The predicted octanol–water partition coefficient (Wildman–Crippen LogP) is 5.15. The summed E-state index contributed by atoms with van der Waals surface area (Å²) < 4.78 is 0. The lowest BCUT2D eigenvalue weighted by molar-refractivity contribution is -0.0648. The summed E-state index contributed by atoms with van der Waals surface area (Å²) in [5, 5.41) is 14.1. The molecule has 2 aromatic carbocycles. The monoisotopic (exact) mass is 375 g/mol. The van der Waals surface area contributed by atoms with Gasteiger partial charge in [0, 0.05) is 23.8 Å². The SMILES string of the molecule is CC(C)(C)c1ccc(Nc2ccc(CN(O)C(=O)c3cccnc3)cc2)cc1. The van der Waals surface area contributed by atoms with E-state index in [1.54, 1.807) is 18.3 Å². The summed E-state index contributed by atoms with van der Waals surface area (Å²) >= 11 is 0. The Bertz CT molecular complexity index is 915. The molecule has 28 heavy (non-hydrogen) atoms. The van der Waals surface area contributed by atoms with Crippen molar-refractivity contribution in [3.63, 3.8) is 0 Å². The van der Waals surface area contributed by atoms with Crippen LogP contribution in [-0.2, 0) is 12.0 Å². The van der Waals surface area contributed by atoms with Gasteiger partial charge in [-0.1, -0.05) is 45.0 Å². The molecule has 5 heteroatoms. The highest BCUT2D eigenvalue weighted by Gasteiger charge is 2.14. The molecule has 3 rings (SSSR count). The average Bonchev–Trinajstić information content (AvgIpc) is 2.69. The Morgan fingerprint density at radius 2 is 1.61 bits per heavy atom. The van der Waals surface area contributed by atoms with Gasteiger partial charge in [-0.05, 0) is 52.9 Å². The molecule has 144 valence electrons. The molecule has 0 spiro atoms. The maximum atomic E-state index is 12.2. The van der Waals surface area contributed by atoms with Crippen molar-refractivity contribution >= 4 is 17.3 Å². The first-order valence-electron chi connectivity index (χ1n) is 9.20. The summed E-state index contributed by atoms with van der Waals surface area (Å²) in [5.74, 6) is -0.478. The second-order valence-corrected chi connectivity index (χ2v) is 7.75. The normalized spacial score (nSPS) is 11.1. The highest BCUT2D eigenvalue weighted by molar-refractivity contribution is 5.92. The molecule has 0 unspecified atom stereocenters. The molecule has 0 aliphatic rings. The second-order valence-electron chi connectivity index (χ2n) is 7.75. The van der Waals surface area contributed by atoms with Crippen LogP contribution in [0, 0.1) is 0 Å². The molecule has 0 radical (unpaired) electrons. The zero-order valence-corrected chi connectivity index (χ0v) is 16.4. The van der Waals surface area contributed by atoms with E-state index in [4.69, 9.17) is 0 Å². The third-order valence-electron chi connectivity index (χ3n) is 4.47. The Morgan fingerprint density at radius 3 is 2.14 bits per heavy atom. The molecule has 5 nitrogen and oxygen atoms in total. The smallest absolute Gasteiger partial charge is 0.279 e. The molecule has 0 fully saturated rings. The van der Waals surface area contributed by atoms with Gasteiger partial charge in [-0.2, -0.15) is 0 Å². The van der Waals surface area contributed by atoms with Gasteiger partial charge in [0.1, 0.15) is 0 Å². The van der Waals surface area contributed by atoms with Gasteiger partial charge in [0.15, 0.2) is 0 Å². The highest BCUT2D eigenvalue weighted by atomic mass is 16.5. The molecular formula is C23H25N3O2. The molecule has 0 bridgehead atoms. The zero-order valence-electron chi connectivity index (χ0n) is 16.4. The van der Waals surface area contributed by atoms with Gasteiger partial charge < -0.3 is 5.32 Å². The van der Waals surface area contributed by atoms with Gasteiger partial charge in [0.2, 0.25) is 0 Å². The van der Waals surface area contributed by atoms with Crippen molar-refractivity contribution in [3.05, 3.63) is 89.7 Å². The number of hydrogen-bond donors (Lipinski definition) is 2. The van der Waals surface area contributed by atoms with E-state index in [9.17, 15) is 10.0 Å². The van der Waals surface area contributed by atoms with Crippen molar-refractivity contribution < 1.29 is 10.0 Å². The summed E-state index contributed by atoms with van der Waals surface area (Å²) in [5.41, 5.74) is 4.54. The average molecular weight is 375 g/mol. The molecule has 0 aliphatic carbocycles. The van der Waals surface area contributed by atoms with E-state index in [2.05, 4.69) is 55.3 Å². The van der Waals surface area contributed by atoms with Crippen LogP contribution in [0.5, 0.6) is 0 Å². The number of nitrogens with one attached hydrogen (secondary N) is 1.